The van der Waals surface area contributed by atoms with Gasteiger partial charge in [-0.3, -0.25) is 4.79 Å². The van der Waals surface area contributed by atoms with Gasteiger partial charge in [-0.1, -0.05) is 11.6 Å². The van der Waals surface area contributed by atoms with Crippen LogP contribution >= 0.6 is 22.9 Å². The van der Waals surface area contributed by atoms with Crippen molar-refractivity contribution in [3.05, 3.63) is 50.9 Å². The van der Waals surface area contributed by atoms with E-state index in [1.807, 2.05) is 0 Å². The molecular formula is C17H17ClN2O3S. The lowest BCUT2D eigenvalue weighted by Crippen LogP contribution is -2.35. The summed E-state index contributed by atoms with van der Waals surface area (Å²) in [4.78, 5) is 27.4. The predicted octanol–water partition coefficient (Wildman–Crippen LogP) is 3.36. The molecule has 3 rings (SSSR count). The van der Waals surface area contributed by atoms with Crippen molar-refractivity contribution in [2.45, 2.75) is 19.9 Å². The van der Waals surface area contributed by atoms with Gasteiger partial charge in [0.2, 0.25) is 0 Å². The lowest BCUT2D eigenvalue weighted by Gasteiger charge is -2.27. The number of benzene rings is 1. The monoisotopic (exact) mass is 364 g/mol. The first-order chi connectivity index (χ1) is 11.5. The van der Waals surface area contributed by atoms with Gasteiger partial charge in [-0.25, -0.2) is 4.79 Å². The second kappa shape index (κ2) is 6.83. The molecule has 1 aromatic heterocycles. The number of esters is 1. The molecule has 1 aliphatic rings. The van der Waals surface area contributed by atoms with E-state index in [0.29, 0.717) is 47.3 Å². The van der Waals surface area contributed by atoms with Crippen LogP contribution in [0.3, 0.4) is 0 Å². The molecule has 0 saturated carbocycles. The number of carbonyl (C=O) groups is 2. The third-order valence-corrected chi connectivity index (χ3v) is 5.24. The highest BCUT2D eigenvalue weighted by atomic mass is 35.5. The van der Waals surface area contributed by atoms with Crippen molar-refractivity contribution >= 4 is 39.8 Å². The van der Waals surface area contributed by atoms with Gasteiger partial charge in [0.15, 0.2) is 0 Å². The summed E-state index contributed by atoms with van der Waals surface area (Å²) in [6.45, 7) is 3.06. The van der Waals surface area contributed by atoms with E-state index in [1.54, 1.807) is 36.1 Å². The molecule has 0 radical (unpaired) electrons. The first kappa shape index (κ1) is 16.8. The first-order valence-electron chi connectivity index (χ1n) is 7.63. The fourth-order valence-electron chi connectivity index (χ4n) is 2.80. The minimum atomic E-state index is -0.384. The molecule has 0 aliphatic carbocycles. The molecule has 2 aromatic rings. The Labute approximate surface area is 149 Å². The van der Waals surface area contributed by atoms with Crippen molar-refractivity contribution in [3.63, 3.8) is 0 Å². The van der Waals surface area contributed by atoms with Crippen LogP contribution in [0.15, 0.2) is 24.3 Å². The smallest absolute Gasteiger partial charge is 0.341 e. The van der Waals surface area contributed by atoms with Gasteiger partial charge in [0, 0.05) is 22.0 Å². The number of thiophene rings is 1. The summed E-state index contributed by atoms with van der Waals surface area (Å²) in [6.07, 6.45) is 0.594. The summed E-state index contributed by atoms with van der Waals surface area (Å²) in [6, 6.07) is 6.83. The topological polar surface area (TPSA) is 72.6 Å². The van der Waals surface area contributed by atoms with Crippen LogP contribution in [0.5, 0.6) is 0 Å². The van der Waals surface area contributed by atoms with Crippen LogP contribution in [0.2, 0.25) is 5.02 Å². The zero-order valence-electron chi connectivity index (χ0n) is 13.2. The van der Waals surface area contributed by atoms with Crippen LogP contribution in [0.25, 0.3) is 0 Å². The number of nitrogens with two attached hydrogens (primary N) is 1. The fourth-order valence-corrected chi connectivity index (χ4v) is 4.05. The molecule has 2 heterocycles. The van der Waals surface area contributed by atoms with E-state index in [-0.39, 0.29) is 11.9 Å². The van der Waals surface area contributed by atoms with Gasteiger partial charge in [-0.05, 0) is 43.2 Å². The van der Waals surface area contributed by atoms with Crippen molar-refractivity contribution in [3.8, 4) is 0 Å². The number of anilines is 1. The molecule has 0 spiro atoms. The minimum absolute atomic E-state index is 0.0537. The number of nitrogen functional groups attached to an aromatic ring is 1. The Morgan fingerprint density at radius 1 is 1.33 bits per heavy atom. The zero-order chi connectivity index (χ0) is 17.3. The molecule has 0 saturated heterocycles. The van der Waals surface area contributed by atoms with Gasteiger partial charge in [0.25, 0.3) is 5.91 Å². The first-order valence-corrected chi connectivity index (χ1v) is 8.82. The Hall–Kier alpha value is -2.05. The highest BCUT2D eigenvalue weighted by Crippen LogP contribution is 2.36. The van der Waals surface area contributed by atoms with E-state index >= 15 is 0 Å². The number of hydrogen-bond donors (Lipinski definition) is 1. The Morgan fingerprint density at radius 3 is 2.71 bits per heavy atom. The number of hydrogen-bond acceptors (Lipinski definition) is 5. The molecule has 0 unspecified atom stereocenters. The molecule has 2 N–H and O–H groups in total. The highest BCUT2D eigenvalue weighted by molar-refractivity contribution is 7.16. The number of rotatable bonds is 3. The summed E-state index contributed by atoms with van der Waals surface area (Å²) in [5.41, 5.74) is 7.98. The highest BCUT2D eigenvalue weighted by Gasteiger charge is 2.29. The van der Waals surface area contributed by atoms with E-state index in [1.165, 1.54) is 11.3 Å². The Balaban J connectivity index is 1.82. The van der Waals surface area contributed by atoms with Crippen molar-refractivity contribution < 1.29 is 14.3 Å². The predicted molar refractivity (Wildman–Crippen MR) is 94.6 cm³/mol. The standard InChI is InChI=1S/C17H17ClN2O3S/c1-2-23-17(22)14-12-7-8-20(9-13(12)24-15(14)19)16(21)10-3-5-11(18)6-4-10/h3-6H,2,7-9,19H2,1H3. The number of ether oxygens (including phenoxy) is 1. The molecular weight excluding hydrogens is 348 g/mol. The zero-order valence-corrected chi connectivity index (χ0v) is 14.7. The van der Waals surface area contributed by atoms with Crippen LogP contribution in [0, 0.1) is 0 Å². The normalized spacial score (nSPS) is 13.5. The maximum absolute atomic E-state index is 12.6. The third kappa shape index (κ3) is 3.12. The second-order valence-corrected chi connectivity index (χ2v) is 7.02. The molecule has 0 atom stereocenters. The fraction of sp³-hybridized carbons (Fsp3) is 0.294. The van der Waals surface area contributed by atoms with Gasteiger partial charge in [-0.2, -0.15) is 0 Å². The van der Waals surface area contributed by atoms with E-state index in [0.717, 1.165) is 10.4 Å². The SMILES string of the molecule is CCOC(=O)c1c(N)sc2c1CCN(C(=O)c1ccc(Cl)cc1)C2. The molecule has 5 nitrogen and oxygen atoms in total. The summed E-state index contributed by atoms with van der Waals surface area (Å²) in [5, 5.41) is 1.05. The average molecular weight is 365 g/mol. The largest absolute Gasteiger partial charge is 0.462 e. The van der Waals surface area contributed by atoms with Crippen molar-refractivity contribution in [1.82, 2.24) is 4.90 Å². The summed E-state index contributed by atoms with van der Waals surface area (Å²) < 4.78 is 5.08. The van der Waals surface area contributed by atoms with E-state index < -0.39 is 0 Å². The number of carbonyl (C=O) groups excluding carboxylic acids is 2. The second-order valence-electron chi connectivity index (χ2n) is 5.45. The van der Waals surface area contributed by atoms with Gasteiger partial charge in [0.1, 0.15) is 5.00 Å². The average Bonchev–Trinajstić information content (AvgIpc) is 2.90. The molecule has 1 amide bonds. The number of nitrogens with zero attached hydrogens (tertiary/aromatic N) is 1. The van der Waals surface area contributed by atoms with Crippen molar-refractivity contribution in [2.24, 2.45) is 0 Å². The Morgan fingerprint density at radius 2 is 2.04 bits per heavy atom. The molecule has 7 heteroatoms. The van der Waals surface area contributed by atoms with Crippen molar-refractivity contribution in [1.29, 1.82) is 0 Å². The van der Waals surface area contributed by atoms with Crippen LogP contribution in [-0.4, -0.2) is 29.9 Å². The molecule has 0 fully saturated rings. The van der Waals surface area contributed by atoms with Crippen LogP contribution in [0.1, 0.15) is 38.1 Å². The maximum atomic E-state index is 12.6. The van der Waals surface area contributed by atoms with Gasteiger partial charge in [-0.15, -0.1) is 11.3 Å². The van der Waals surface area contributed by atoms with E-state index in [2.05, 4.69) is 0 Å². The molecule has 126 valence electrons. The Bertz CT molecular complexity index is 786. The van der Waals surface area contributed by atoms with Crippen LogP contribution in [0.4, 0.5) is 5.00 Å². The quantitative estimate of drug-likeness (QED) is 0.847. The summed E-state index contributed by atoms with van der Waals surface area (Å²) >= 11 is 7.22. The molecule has 1 aliphatic heterocycles. The lowest BCUT2D eigenvalue weighted by atomic mass is 10.0. The minimum Gasteiger partial charge on any atom is -0.462 e. The molecule has 24 heavy (non-hydrogen) atoms. The molecule has 0 bridgehead atoms. The van der Waals surface area contributed by atoms with E-state index in [9.17, 15) is 9.59 Å². The molecule has 1 aromatic carbocycles. The third-order valence-electron chi connectivity index (χ3n) is 3.94. The number of fused-ring (bicyclic) bond motifs is 1. The number of amides is 1. The number of halogens is 1. The van der Waals surface area contributed by atoms with Crippen LogP contribution in [-0.2, 0) is 17.7 Å². The van der Waals surface area contributed by atoms with Gasteiger partial charge in [0.05, 0.1) is 18.7 Å². The van der Waals surface area contributed by atoms with Gasteiger partial charge >= 0.3 is 5.97 Å². The Kier molecular flexibility index (Phi) is 4.78. The summed E-state index contributed by atoms with van der Waals surface area (Å²) in [7, 11) is 0. The van der Waals surface area contributed by atoms with Crippen molar-refractivity contribution in [2.75, 3.05) is 18.9 Å². The van der Waals surface area contributed by atoms with E-state index in [4.69, 9.17) is 22.1 Å². The van der Waals surface area contributed by atoms with Gasteiger partial charge < -0.3 is 15.4 Å². The van der Waals surface area contributed by atoms with Crippen LogP contribution < -0.4 is 5.73 Å². The summed E-state index contributed by atoms with van der Waals surface area (Å²) in [5.74, 6) is -0.438. The maximum Gasteiger partial charge on any atom is 0.341 e. The lowest BCUT2D eigenvalue weighted by molar-refractivity contribution is 0.0526.